The minimum absolute atomic E-state index is 0.0491. The van der Waals surface area contributed by atoms with Gasteiger partial charge in [0.1, 0.15) is 0 Å². The van der Waals surface area contributed by atoms with E-state index in [1.807, 2.05) is 0 Å². The summed E-state index contributed by atoms with van der Waals surface area (Å²) in [7, 11) is 0. The molecule has 3 heterocycles. The number of unbranched alkanes of at least 4 members (excludes halogenated alkanes) is 1. The van der Waals surface area contributed by atoms with E-state index in [2.05, 4.69) is 202 Å². The van der Waals surface area contributed by atoms with Crippen molar-refractivity contribution in [2.75, 3.05) is 9.71 Å². The molecule has 0 fully saturated rings. The Labute approximate surface area is 348 Å². The molecular weight excluding hydrogens is 711 g/mol. The van der Waals surface area contributed by atoms with Crippen molar-refractivity contribution in [3.8, 4) is 33.4 Å². The molecule has 0 saturated carbocycles. The van der Waals surface area contributed by atoms with Gasteiger partial charge in [0.15, 0.2) is 0 Å². The molecule has 0 N–H and O–H groups in total. The molecule has 0 radical (unpaired) electrons. The molecule has 3 aliphatic heterocycles. The highest BCUT2D eigenvalue weighted by atomic mass is 15.2. The maximum Gasteiger partial charge on any atom is 0.333 e. The minimum atomic E-state index is -0.163. The largest absolute Gasteiger partial charge is 0.376 e. The number of benzene rings is 8. The van der Waals surface area contributed by atoms with E-state index in [1.165, 1.54) is 124 Å². The quantitative estimate of drug-likeness (QED) is 0.161. The van der Waals surface area contributed by atoms with Crippen LogP contribution in [0.4, 0.5) is 28.4 Å². The minimum Gasteiger partial charge on any atom is -0.376 e. The Bertz CT molecular complexity index is 3070. The Morgan fingerprint density at radius 3 is 2.05 bits per heavy atom. The van der Waals surface area contributed by atoms with Gasteiger partial charge >= 0.3 is 6.85 Å². The number of hydrogen-bond donors (Lipinski definition) is 0. The smallest absolute Gasteiger partial charge is 0.333 e. The molecule has 0 unspecified atom stereocenters. The Morgan fingerprint density at radius 1 is 0.492 bits per heavy atom. The fraction of sp³-hybridized carbons (Fsp3) is 0.179. The SMILES string of the molecule is CCCCc1ccc(N2c3cc4c(cc3B3c5c(cc6ccccc6c52)-c2cccc5c2N3c2ccccc2C5(C)C)-c2ccccc2C4(C)C)c(-c2ccccc2)c1. The number of anilines is 5. The summed E-state index contributed by atoms with van der Waals surface area (Å²) in [6, 6.07) is 60.7. The highest BCUT2D eigenvalue weighted by Gasteiger charge is 2.51. The number of para-hydroxylation sites is 2. The molecule has 0 spiro atoms. The van der Waals surface area contributed by atoms with E-state index in [0.29, 0.717) is 0 Å². The van der Waals surface area contributed by atoms with Gasteiger partial charge in [0.2, 0.25) is 0 Å². The lowest BCUT2D eigenvalue weighted by atomic mass is 9.42. The van der Waals surface area contributed by atoms with Gasteiger partial charge in [-0.15, -0.1) is 0 Å². The van der Waals surface area contributed by atoms with Crippen LogP contribution in [0.15, 0.2) is 158 Å². The molecule has 2 nitrogen and oxygen atoms in total. The van der Waals surface area contributed by atoms with Crippen LogP contribution in [0.2, 0.25) is 0 Å². The number of nitrogens with zero attached hydrogens (tertiary/aromatic N) is 2. The van der Waals surface area contributed by atoms with Crippen LogP contribution in [0.1, 0.15) is 75.3 Å². The van der Waals surface area contributed by atoms with Gasteiger partial charge < -0.3 is 9.71 Å². The van der Waals surface area contributed by atoms with Gasteiger partial charge in [-0.1, -0.05) is 168 Å². The average molecular weight is 759 g/mol. The van der Waals surface area contributed by atoms with Crippen molar-refractivity contribution in [1.82, 2.24) is 0 Å². The van der Waals surface area contributed by atoms with Crippen molar-refractivity contribution >= 4 is 57.0 Å². The van der Waals surface area contributed by atoms with Crippen molar-refractivity contribution in [2.45, 2.75) is 64.7 Å². The van der Waals surface area contributed by atoms with E-state index in [-0.39, 0.29) is 17.7 Å². The molecule has 0 amide bonds. The highest BCUT2D eigenvalue weighted by Crippen LogP contribution is 2.58. The van der Waals surface area contributed by atoms with Crippen LogP contribution in [0, 0.1) is 0 Å². The fourth-order valence-electron chi connectivity index (χ4n) is 11.5. The topological polar surface area (TPSA) is 6.48 Å². The van der Waals surface area contributed by atoms with Gasteiger partial charge in [-0.3, -0.25) is 0 Å². The van der Waals surface area contributed by atoms with E-state index in [4.69, 9.17) is 0 Å². The zero-order valence-electron chi connectivity index (χ0n) is 34.6. The summed E-state index contributed by atoms with van der Waals surface area (Å²) >= 11 is 0. The molecule has 59 heavy (non-hydrogen) atoms. The molecule has 1 aliphatic carbocycles. The first-order valence-corrected chi connectivity index (χ1v) is 21.6. The predicted molar refractivity (Wildman–Crippen MR) is 251 cm³/mol. The molecule has 0 aromatic heterocycles. The molecule has 4 aliphatic rings. The first-order chi connectivity index (χ1) is 28.8. The third kappa shape index (κ3) is 4.65. The van der Waals surface area contributed by atoms with Gasteiger partial charge in [-0.2, -0.15) is 0 Å². The number of aryl methyl sites for hydroxylation is 1. The third-order valence-electron chi connectivity index (χ3n) is 14.4. The van der Waals surface area contributed by atoms with E-state index in [9.17, 15) is 0 Å². The fourth-order valence-corrected chi connectivity index (χ4v) is 11.5. The second-order valence-corrected chi connectivity index (χ2v) is 18.3. The van der Waals surface area contributed by atoms with Crippen molar-refractivity contribution in [3.05, 3.63) is 186 Å². The first-order valence-electron chi connectivity index (χ1n) is 21.6. The first kappa shape index (κ1) is 34.7. The van der Waals surface area contributed by atoms with E-state index >= 15 is 0 Å². The molecule has 12 rings (SSSR count). The average Bonchev–Trinajstić information content (AvgIpc) is 3.49. The summed E-state index contributed by atoms with van der Waals surface area (Å²) in [5.41, 5.74) is 23.7. The molecule has 284 valence electrons. The van der Waals surface area contributed by atoms with Crippen LogP contribution in [0.5, 0.6) is 0 Å². The monoisotopic (exact) mass is 758 g/mol. The van der Waals surface area contributed by atoms with Crippen molar-refractivity contribution in [3.63, 3.8) is 0 Å². The van der Waals surface area contributed by atoms with Crippen molar-refractivity contribution in [1.29, 1.82) is 0 Å². The van der Waals surface area contributed by atoms with E-state index < -0.39 is 0 Å². The summed E-state index contributed by atoms with van der Waals surface area (Å²) in [6.07, 6.45) is 3.42. The van der Waals surface area contributed by atoms with Crippen LogP contribution >= 0.6 is 0 Å². The van der Waals surface area contributed by atoms with Crippen LogP contribution in [-0.4, -0.2) is 6.85 Å². The second kappa shape index (κ2) is 12.4. The van der Waals surface area contributed by atoms with Gasteiger partial charge in [-0.05, 0) is 110 Å². The third-order valence-corrected chi connectivity index (χ3v) is 14.4. The lowest BCUT2D eigenvalue weighted by Gasteiger charge is -2.51. The molecule has 8 aromatic carbocycles. The summed E-state index contributed by atoms with van der Waals surface area (Å²) in [5, 5.41) is 2.55. The van der Waals surface area contributed by atoms with Crippen LogP contribution in [-0.2, 0) is 17.3 Å². The summed E-state index contributed by atoms with van der Waals surface area (Å²) in [6.45, 7) is 11.9. The number of rotatable bonds is 5. The lowest BCUT2D eigenvalue weighted by molar-refractivity contribution is 0.634. The zero-order chi connectivity index (χ0) is 39.8. The maximum absolute atomic E-state index is 2.74. The standard InChI is InChI=1S/C56H47BN2/c1-6-7-18-35-29-30-49(41(31-35)36-19-9-8-10-20-36)58-51-34-47-42(39-23-13-14-25-44(39)55(47,2)3)33-48(51)57-52-43(32-37-21-11-12-22-38(37)54(52)58)40-24-17-27-46-53(40)59(57)50-28-16-15-26-45(50)56(46,4)5/h8-17,19-34H,6-7,18H2,1-5H3. The maximum atomic E-state index is 2.74. The Hall–Kier alpha value is -6.32. The Kier molecular flexibility index (Phi) is 7.26. The highest BCUT2D eigenvalue weighted by molar-refractivity contribution is 6.94. The molecule has 0 bridgehead atoms. The lowest BCUT2D eigenvalue weighted by Crippen LogP contribution is -2.63. The van der Waals surface area contributed by atoms with E-state index in [1.54, 1.807) is 0 Å². The van der Waals surface area contributed by atoms with Crippen molar-refractivity contribution in [2.24, 2.45) is 0 Å². The van der Waals surface area contributed by atoms with Gasteiger partial charge in [0.25, 0.3) is 0 Å². The summed E-state index contributed by atoms with van der Waals surface area (Å²) < 4.78 is 0. The van der Waals surface area contributed by atoms with Gasteiger partial charge in [0.05, 0.1) is 11.4 Å². The normalized spacial score (nSPS) is 15.6. The van der Waals surface area contributed by atoms with Gasteiger partial charge in [-0.25, -0.2) is 0 Å². The Balaban J connectivity index is 1.26. The second-order valence-electron chi connectivity index (χ2n) is 18.3. The Morgan fingerprint density at radius 2 is 1.20 bits per heavy atom. The van der Waals surface area contributed by atoms with E-state index in [0.717, 1.165) is 6.42 Å². The van der Waals surface area contributed by atoms with Crippen molar-refractivity contribution < 1.29 is 0 Å². The number of fused-ring (bicyclic) bond motifs is 11. The molecule has 0 atom stereocenters. The van der Waals surface area contributed by atoms with Crippen LogP contribution in [0.3, 0.4) is 0 Å². The summed E-state index contributed by atoms with van der Waals surface area (Å²) in [5.74, 6) is 0. The van der Waals surface area contributed by atoms with Crippen LogP contribution < -0.4 is 20.6 Å². The molecular formula is C56H47BN2. The molecule has 8 aromatic rings. The summed E-state index contributed by atoms with van der Waals surface area (Å²) in [4.78, 5) is 5.43. The van der Waals surface area contributed by atoms with Gasteiger partial charge in [0, 0.05) is 44.4 Å². The predicted octanol–water partition coefficient (Wildman–Crippen LogP) is 13.5. The molecule has 3 heteroatoms. The number of hydrogen-bond acceptors (Lipinski definition) is 2. The zero-order valence-corrected chi connectivity index (χ0v) is 34.6. The molecule has 0 saturated heterocycles. The van der Waals surface area contributed by atoms with Crippen LogP contribution in [0.25, 0.3) is 44.2 Å².